The summed E-state index contributed by atoms with van der Waals surface area (Å²) in [6, 6.07) is 4.66. The van der Waals surface area contributed by atoms with Crippen molar-refractivity contribution in [1.82, 2.24) is 5.32 Å². The maximum atomic E-state index is 5.84. The van der Waals surface area contributed by atoms with Crippen molar-refractivity contribution >= 4 is 15.9 Å². The summed E-state index contributed by atoms with van der Waals surface area (Å²) in [5, 5.41) is 3.49. The van der Waals surface area contributed by atoms with Crippen LogP contribution in [0.15, 0.2) is 16.6 Å². The van der Waals surface area contributed by atoms with Gasteiger partial charge in [-0.2, -0.15) is 0 Å². The van der Waals surface area contributed by atoms with Crippen LogP contribution in [0.4, 0.5) is 0 Å². The molecule has 0 saturated carbocycles. The molecule has 0 amide bonds. The first-order valence-electron chi connectivity index (χ1n) is 7.33. The molecule has 0 heterocycles. The summed E-state index contributed by atoms with van der Waals surface area (Å²) in [4.78, 5) is 0. The SMILES string of the molecule is CCOc1cc(CN[C@H](C)CC)cc(Br)c1OC(C)C. The lowest BCUT2D eigenvalue weighted by atomic mass is 10.1. The zero-order valence-electron chi connectivity index (χ0n) is 13.1. The fourth-order valence-corrected chi connectivity index (χ4v) is 2.36. The highest BCUT2D eigenvalue weighted by Gasteiger charge is 2.13. The zero-order valence-corrected chi connectivity index (χ0v) is 14.7. The summed E-state index contributed by atoms with van der Waals surface area (Å²) in [6.07, 6.45) is 1.24. The van der Waals surface area contributed by atoms with Gasteiger partial charge in [-0.1, -0.05) is 6.92 Å². The van der Waals surface area contributed by atoms with Gasteiger partial charge in [0.05, 0.1) is 17.2 Å². The number of rotatable bonds is 8. The molecule has 0 fully saturated rings. The highest BCUT2D eigenvalue weighted by atomic mass is 79.9. The maximum absolute atomic E-state index is 5.84. The summed E-state index contributed by atoms with van der Waals surface area (Å²) >= 11 is 3.59. The minimum atomic E-state index is 0.120. The topological polar surface area (TPSA) is 30.5 Å². The van der Waals surface area contributed by atoms with Gasteiger partial charge in [0.25, 0.3) is 0 Å². The summed E-state index contributed by atoms with van der Waals surface area (Å²) in [6.45, 7) is 11.8. The molecular formula is C16H26BrNO2. The smallest absolute Gasteiger partial charge is 0.175 e. The molecule has 0 aromatic heterocycles. The number of hydrogen-bond acceptors (Lipinski definition) is 3. The number of benzene rings is 1. The van der Waals surface area contributed by atoms with E-state index in [1.807, 2.05) is 20.8 Å². The molecule has 0 saturated heterocycles. The van der Waals surface area contributed by atoms with E-state index in [1.165, 1.54) is 5.56 Å². The molecule has 0 aliphatic heterocycles. The van der Waals surface area contributed by atoms with Crippen LogP contribution in [0.5, 0.6) is 11.5 Å². The van der Waals surface area contributed by atoms with Gasteiger partial charge in [0.1, 0.15) is 0 Å². The van der Waals surface area contributed by atoms with Crippen LogP contribution in [-0.2, 0) is 6.54 Å². The normalized spacial score (nSPS) is 12.6. The van der Waals surface area contributed by atoms with Crippen molar-refractivity contribution < 1.29 is 9.47 Å². The highest BCUT2D eigenvalue weighted by Crippen LogP contribution is 2.37. The Bertz CT molecular complexity index is 421. The van der Waals surface area contributed by atoms with E-state index in [2.05, 4.69) is 47.2 Å². The highest BCUT2D eigenvalue weighted by molar-refractivity contribution is 9.10. The maximum Gasteiger partial charge on any atom is 0.175 e. The van der Waals surface area contributed by atoms with Crippen molar-refractivity contribution in [1.29, 1.82) is 0 Å². The molecule has 0 radical (unpaired) electrons. The van der Waals surface area contributed by atoms with E-state index < -0.39 is 0 Å². The molecule has 1 aromatic rings. The van der Waals surface area contributed by atoms with Crippen LogP contribution in [0.25, 0.3) is 0 Å². The van der Waals surface area contributed by atoms with Crippen molar-refractivity contribution in [2.75, 3.05) is 6.61 Å². The van der Waals surface area contributed by atoms with Gasteiger partial charge in [-0.05, 0) is 67.7 Å². The molecule has 0 spiro atoms. The number of nitrogens with one attached hydrogen (secondary N) is 1. The van der Waals surface area contributed by atoms with E-state index in [0.717, 1.165) is 28.9 Å². The van der Waals surface area contributed by atoms with Crippen molar-refractivity contribution in [2.45, 2.75) is 59.7 Å². The third-order valence-corrected chi connectivity index (χ3v) is 3.58. The molecule has 20 heavy (non-hydrogen) atoms. The van der Waals surface area contributed by atoms with Crippen LogP contribution < -0.4 is 14.8 Å². The van der Waals surface area contributed by atoms with Crippen molar-refractivity contribution in [3.63, 3.8) is 0 Å². The van der Waals surface area contributed by atoms with Crippen LogP contribution >= 0.6 is 15.9 Å². The first-order valence-corrected chi connectivity index (χ1v) is 8.12. The van der Waals surface area contributed by atoms with Gasteiger partial charge in [0.15, 0.2) is 11.5 Å². The van der Waals surface area contributed by atoms with Crippen LogP contribution in [-0.4, -0.2) is 18.8 Å². The predicted molar refractivity (Wildman–Crippen MR) is 87.7 cm³/mol. The Hall–Kier alpha value is -0.740. The van der Waals surface area contributed by atoms with Crippen LogP contribution in [0.1, 0.15) is 46.6 Å². The van der Waals surface area contributed by atoms with Gasteiger partial charge < -0.3 is 14.8 Å². The second-order valence-electron chi connectivity index (χ2n) is 5.19. The monoisotopic (exact) mass is 343 g/mol. The average Bonchev–Trinajstić information content (AvgIpc) is 2.39. The average molecular weight is 344 g/mol. The standard InChI is InChI=1S/C16H26BrNO2/c1-6-12(5)18-10-13-8-14(17)16(20-11(3)4)15(9-13)19-7-2/h8-9,11-12,18H,6-7,10H2,1-5H3/t12-/m1/s1. The largest absolute Gasteiger partial charge is 0.490 e. The van der Waals surface area contributed by atoms with Crippen LogP contribution in [0.2, 0.25) is 0 Å². The fraction of sp³-hybridized carbons (Fsp3) is 0.625. The third kappa shape index (κ3) is 5.33. The summed E-state index contributed by atoms with van der Waals surface area (Å²) in [5.74, 6) is 1.59. The number of halogens is 1. The lowest BCUT2D eigenvalue weighted by molar-refractivity contribution is 0.222. The molecule has 1 N–H and O–H groups in total. The summed E-state index contributed by atoms with van der Waals surface area (Å²) in [5.41, 5.74) is 1.19. The molecular weight excluding hydrogens is 318 g/mol. The molecule has 0 unspecified atom stereocenters. The van der Waals surface area contributed by atoms with Crippen molar-refractivity contribution in [3.8, 4) is 11.5 Å². The Labute approximate surface area is 131 Å². The second kappa shape index (κ2) is 8.53. The first kappa shape index (κ1) is 17.3. The quantitative estimate of drug-likeness (QED) is 0.752. The van der Waals surface area contributed by atoms with E-state index in [4.69, 9.17) is 9.47 Å². The molecule has 1 rings (SSSR count). The molecule has 3 nitrogen and oxygen atoms in total. The van der Waals surface area contributed by atoms with Gasteiger partial charge in [0, 0.05) is 12.6 Å². The van der Waals surface area contributed by atoms with E-state index in [-0.39, 0.29) is 6.10 Å². The van der Waals surface area contributed by atoms with Crippen LogP contribution in [0, 0.1) is 0 Å². The third-order valence-electron chi connectivity index (χ3n) is 2.99. The van der Waals surface area contributed by atoms with E-state index in [1.54, 1.807) is 0 Å². The minimum absolute atomic E-state index is 0.120. The molecule has 0 bridgehead atoms. The Morgan fingerprint density at radius 2 is 1.90 bits per heavy atom. The van der Waals surface area contributed by atoms with Gasteiger partial charge in [-0.25, -0.2) is 0 Å². The van der Waals surface area contributed by atoms with E-state index in [0.29, 0.717) is 12.6 Å². The van der Waals surface area contributed by atoms with E-state index >= 15 is 0 Å². The minimum Gasteiger partial charge on any atom is -0.490 e. The van der Waals surface area contributed by atoms with Gasteiger partial charge in [-0.3, -0.25) is 0 Å². The molecule has 1 atom stereocenters. The zero-order chi connectivity index (χ0) is 15.1. The van der Waals surface area contributed by atoms with Crippen molar-refractivity contribution in [2.24, 2.45) is 0 Å². The number of hydrogen-bond donors (Lipinski definition) is 1. The predicted octanol–water partition coefficient (Wildman–Crippen LogP) is 4.52. The Morgan fingerprint density at radius 1 is 1.20 bits per heavy atom. The second-order valence-corrected chi connectivity index (χ2v) is 6.05. The van der Waals surface area contributed by atoms with Gasteiger partial charge in [0.2, 0.25) is 0 Å². The van der Waals surface area contributed by atoms with Crippen LogP contribution in [0.3, 0.4) is 0 Å². The Balaban J connectivity index is 2.93. The summed E-state index contributed by atoms with van der Waals surface area (Å²) in [7, 11) is 0. The van der Waals surface area contributed by atoms with Gasteiger partial charge in [-0.15, -0.1) is 0 Å². The summed E-state index contributed by atoms with van der Waals surface area (Å²) < 4.78 is 12.5. The Kier molecular flexibility index (Phi) is 7.38. The lowest BCUT2D eigenvalue weighted by Gasteiger charge is -2.18. The lowest BCUT2D eigenvalue weighted by Crippen LogP contribution is -2.24. The molecule has 0 aliphatic rings. The molecule has 114 valence electrons. The fourth-order valence-electron chi connectivity index (χ4n) is 1.77. The van der Waals surface area contributed by atoms with E-state index in [9.17, 15) is 0 Å². The van der Waals surface area contributed by atoms with Gasteiger partial charge >= 0.3 is 0 Å². The van der Waals surface area contributed by atoms with Crippen molar-refractivity contribution in [3.05, 3.63) is 22.2 Å². The molecule has 0 aliphatic carbocycles. The first-order chi connectivity index (χ1) is 9.47. The molecule has 1 aromatic carbocycles. The number of ether oxygens (including phenoxy) is 2. The Morgan fingerprint density at radius 3 is 2.45 bits per heavy atom. The molecule has 4 heteroatoms.